The van der Waals surface area contributed by atoms with Gasteiger partial charge in [0, 0.05) is 7.11 Å². The summed E-state index contributed by atoms with van der Waals surface area (Å²) in [6.45, 7) is 1.99. The molecule has 66 valence electrons. The molecule has 0 bridgehead atoms. The van der Waals surface area contributed by atoms with Gasteiger partial charge in [-0.2, -0.15) is 0 Å². The zero-order valence-electron chi connectivity index (χ0n) is 6.84. The topological polar surface area (TPSA) is 22.1 Å². The van der Waals surface area contributed by atoms with Crippen LogP contribution in [0, 0.1) is 0 Å². The van der Waals surface area contributed by atoms with Gasteiger partial charge in [-0.05, 0) is 56.5 Å². The second-order valence-corrected chi connectivity index (χ2v) is 4.05. The lowest BCUT2D eigenvalue weighted by Gasteiger charge is -2.09. The van der Waals surface area contributed by atoms with Crippen molar-refractivity contribution in [2.24, 2.45) is 0 Å². The molecule has 4 heteroatoms. The zero-order valence-corrected chi connectivity index (χ0v) is 10.0. The van der Waals surface area contributed by atoms with E-state index in [0.29, 0.717) is 0 Å². The molecule has 0 amide bonds. The molecule has 0 aliphatic carbocycles. The van der Waals surface area contributed by atoms with Gasteiger partial charge in [0.25, 0.3) is 0 Å². The van der Waals surface area contributed by atoms with Crippen molar-refractivity contribution in [1.29, 1.82) is 0 Å². The van der Waals surface area contributed by atoms with E-state index >= 15 is 0 Å². The summed E-state index contributed by atoms with van der Waals surface area (Å²) in [7, 11) is 1.69. The van der Waals surface area contributed by atoms with E-state index in [-0.39, 0.29) is 6.10 Å². The Morgan fingerprint density at radius 3 is 2.25 bits per heavy atom. The molecule has 1 unspecified atom stereocenters. The highest BCUT2D eigenvalue weighted by Crippen LogP contribution is 2.22. The predicted molar refractivity (Wildman–Crippen MR) is 55.1 cm³/mol. The van der Waals surface area contributed by atoms with Crippen LogP contribution < -0.4 is 0 Å². The molecule has 1 heterocycles. The smallest absolute Gasteiger partial charge is 0.107 e. The highest BCUT2D eigenvalue weighted by Gasteiger charge is 2.05. The molecule has 12 heavy (non-hydrogen) atoms. The Hall–Kier alpha value is 0.0700. The highest BCUT2D eigenvalue weighted by atomic mass is 79.9. The van der Waals surface area contributed by atoms with E-state index in [1.807, 2.05) is 19.1 Å². The van der Waals surface area contributed by atoms with Crippen molar-refractivity contribution in [2.75, 3.05) is 7.11 Å². The molecular weight excluding hydrogens is 286 g/mol. The van der Waals surface area contributed by atoms with Gasteiger partial charge in [-0.1, -0.05) is 0 Å². The molecule has 0 radical (unpaired) electrons. The van der Waals surface area contributed by atoms with E-state index in [0.717, 1.165) is 14.8 Å². The number of hydrogen-bond donors (Lipinski definition) is 0. The normalized spacial score (nSPS) is 13.0. The predicted octanol–water partition coefficient (Wildman–Crippen LogP) is 3.31. The fourth-order valence-corrected chi connectivity index (χ4v) is 2.00. The minimum Gasteiger partial charge on any atom is -0.377 e. The van der Waals surface area contributed by atoms with E-state index in [1.165, 1.54) is 0 Å². The van der Waals surface area contributed by atoms with Crippen LogP contribution in [0.25, 0.3) is 0 Å². The average Bonchev–Trinajstić information content (AvgIpc) is 2.01. The summed E-state index contributed by atoms with van der Waals surface area (Å²) < 4.78 is 6.81. The third-order valence-electron chi connectivity index (χ3n) is 1.61. The molecule has 0 fully saturated rings. The van der Waals surface area contributed by atoms with Crippen molar-refractivity contribution in [1.82, 2.24) is 4.98 Å². The van der Waals surface area contributed by atoms with Crippen LogP contribution in [0.15, 0.2) is 21.3 Å². The molecular formula is C8H9Br2NO. The summed E-state index contributed by atoms with van der Waals surface area (Å²) in [5.41, 5.74) is 1.10. The molecule has 1 aromatic rings. The summed E-state index contributed by atoms with van der Waals surface area (Å²) in [6, 6.07) is 3.89. The van der Waals surface area contributed by atoms with Crippen molar-refractivity contribution in [2.45, 2.75) is 13.0 Å². The van der Waals surface area contributed by atoms with Gasteiger partial charge in [-0.15, -0.1) is 0 Å². The Morgan fingerprint density at radius 1 is 1.33 bits per heavy atom. The largest absolute Gasteiger partial charge is 0.377 e. The molecule has 0 aliphatic rings. The summed E-state index contributed by atoms with van der Waals surface area (Å²) in [6.07, 6.45) is 0.0978. The molecule has 0 N–H and O–H groups in total. The van der Waals surface area contributed by atoms with Crippen LogP contribution >= 0.6 is 31.9 Å². The number of ether oxygens (including phenoxy) is 1. The Balaban J connectivity index is 3.00. The van der Waals surface area contributed by atoms with Crippen LogP contribution in [0.2, 0.25) is 0 Å². The SMILES string of the molecule is COC(C)c1cc(Br)nc(Br)c1. The number of rotatable bonds is 2. The van der Waals surface area contributed by atoms with Crippen molar-refractivity contribution >= 4 is 31.9 Å². The lowest BCUT2D eigenvalue weighted by Crippen LogP contribution is -1.96. The summed E-state index contributed by atoms with van der Waals surface area (Å²) in [4.78, 5) is 4.13. The van der Waals surface area contributed by atoms with Gasteiger partial charge in [0.1, 0.15) is 9.21 Å². The minimum atomic E-state index is 0.0978. The first kappa shape index (κ1) is 10.2. The van der Waals surface area contributed by atoms with Crippen LogP contribution in [-0.4, -0.2) is 12.1 Å². The number of nitrogens with zero attached hydrogens (tertiary/aromatic N) is 1. The highest BCUT2D eigenvalue weighted by molar-refractivity contribution is 9.11. The van der Waals surface area contributed by atoms with Gasteiger partial charge in [-0.25, -0.2) is 4.98 Å². The van der Waals surface area contributed by atoms with Crippen LogP contribution in [-0.2, 0) is 4.74 Å². The maximum absolute atomic E-state index is 5.18. The lowest BCUT2D eigenvalue weighted by molar-refractivity contribution is 0.119. The molecule has 0 aromatic carbocycles. The second-order valence-electron chi connectivity index (χ2n) is 2.42. The quantitative estimate of drug-likeness (QED) is 0.781. The summed E-state index contributed by atoms with van der Waals surface area (Å²) in [5.74, 6) is 0. The van der Waals surface area contributed by atoms with E-state index in [2.05, 4.69) is 36.8 Å². The summed E-state index contributed by atoms with van der Waals surface area (Å²) >= 11 is 6.63. The van der Waals surface area contributed by atoms with E-state index in [9.17, 15) is 0 Å². The van der Waals surface area contributed by atoms with Crippen molar-refractivity contribution in [3.63, 3.8) is 0 Å². The van der Waals surface area contributed by atoms with Crippen molar-refractivity contribution < 1.29 is 4.74 Å². The van der Waals surface area contributed by atoms with Gasteiger partial charge < -0.3 is 4.74 Å². The van der Waals surface area contributed by atoms with Crippen LogP contribution in [0.5, 0.6) is 0 Å². The first-order valence-corrected chi connectivity index (χ1v) is 5.08. The Morgan fingerprint density at radius 2 is 1.83 bits per heavy atom. The van der Waals surface area contributed by atoms with Gasteiger partial charge in [-0.3, -0.25) is 0 Å². The van der Waals surface area contributed by atoms with Crippen molar-refractivity contribution in [3.8, 4) is 0 Å². The number of halogens is 2. The van der Waals surface area contributed by atoms with E-state index < -0.39 is 0 Å². The second kappa shape index (κ2) is 4.35. The number of hydrogen-bond acceptors (Lipinski definition) is 2. The van der Waals surface area contributed by atoms with Gasteiger partial charge in [0.15, 0.2) is 0 Å². The molecule has 0 aliphatic heterocycles. The maximum atomic E-state index is 5.18. The monoisotopic (exact) mass is 293 g/mol. The minimum absolute atomic E-state index is 0.0978. The molecule has 0 saturated carbocycles. The number of aromatic nitrogens is 1. The van der Waals surface area contributed by atoms with Crippen LogP contribution in [0.1, 0.15) is 18.6 Å². The van der Waals surface area contributed by atoms with Crippen LogP contribution in [0.3, 0.4) is 0 Å². The molecule has 1 atom stereocenters. The summed E-state index contributed by atoms with van der Waals surface area (Å²) in [5, 5.41) is 0. The zero-order chi connectivity index (χ0) is 9.14. The molecule has 1 aromatic heterocycles. The van der Waals surface area contributed by atoms with Gasteiger partial charge >= 0.3 is 0 Å². The average molecular weight is 295 g/mol. The molecule has 1 rings (SSSR count). The third-order valence-corrected chi connectivity index (χ3v) is 2.42. The standard InChI is InChI=1S/C8H9Br2NO/c1-5(12-2)6-3-7(9)11-8(10)4-6/h3-5H,1-2H3. The molecule has 0 saturated heterocycles. The van der Waals surface area contributed by atoms with Crippen molar-refractivity contribution in [3.05, 3.63) is 26.9 Å². The van der Waals surface area contributed by atoms with E-state index in [1.54, 1.807) is 7.11 Å². The number of methoxy groups -OCH3 is 1. The first-order valence-electron chi connectivity index (χ1n) is 3.49. The molecule has 2 nitrogen and oxygen atoms in total. The fourth-order valence-electron chi connectivity index (χ4n) is 0.854. The Bertz CT molecular complexity index is 258. The van der Waals surface area contributed by atoms with Gasteiger partial charge in [0.05, 0.1) is 6.10 Å². The van der Waals surface area contributed by atoms with E-state index in [4.69, 9.17) is 4.74 Å². The number of pyridine rings is 1. The lowest BCUT2D eigenvalue weighted by atomic mass is 10.2. The fraction of sp³-hybridized carbons (Fsp3) is 0.375. The maximum Gasteiger partial charge on any atom is 0.107 e. The van der Waals surface area contributed by atoms with Crippen LogP contribution in [0.4, 0.5) is 0 Å². The molecule has 0 spiro atoms. The third kappa shape index (κ3) is 2.54. The van der Waals surface area contributed by atoms with Gasteiger partial charge in [0.2, 0.25) is 0 Å². The Labute approximate surface area is 88.6 Å². The Kier molecular flexibility index (Phi) is 3.68. The first-order chi connectivity index (χ1) is 5.63.